The first kappa shape index (κ1) is 10.9. The summed E-state index contributed by atoms with van der Waals surface area (Å²) >= 11 is 0. The van der Waals surface area contributed by atoms with E-state index in [0.29, 0.717) is 6.54 Å². The topological polar surface area (TPSA) is 52.6 Å². The van der Waals surface area contributed by atoms with Gasteiger partial charge in [0.25, 0.3) is 0 Å². The van der Waals surface area contributed by atoms with Crippen molar-refractivity contribution in [1.82, 2.24) is 10.2 Å². The highest BCUT2D eigenvalue weighted by molar-refractivity contribution is 5.79. The lowest BCUT2D eigenvalue weighted by molar-refractivity contribution is -0.145. The summed E-state index contributed by atoms with van der Waals surface area (Å²) in [4.78, 5) is 13.6. The average Bonchev–Trinajstić information content (AvgIpc) is 2.69. The van der Waals surface area contributed by atoms with Gasteiger partial charge in [-0.1, -0.05) is 6.42 Å². The van der Waals surface area contributed by atoms with Crippen LogP contribution in [-0.2, 0) is 4.79 Å². The highest BCUT2D eigenvalue weighted by Gasteiger charge is 2.42. The Balaban J connectivity index is 1.96. The number of hydrogen-bond donors (Lipinski definition) is 2. The van der Waals surface area contributed by atoms with E-state index >= 15 is 0 Å². The van der Waals surface area contributed by atoms with Gasteiger partial charge in [0.05, 0.1) is 0 Å². The molecule has 2 rings (SSSR count). The SMILES string of the molecule is O=C(O)C1(CN2CCCCC2)CCCN1. The van der Waals surface area contributed by atoms with E-state index in [9.17, 15) is 9.90 Å². The van der Waals surface area contributed by atoms with E-state index in [-0.39, 0.29) is 0 Å². The molecule has 1 atom stereocenters. The maximum absolute atomic E-state index is 11.3. The number of carboxylic acid groups (broad SMARTS) is 1. The fraction of sp³-hybridized carbons (Fsp3) is 0.909. The summed E-state index contributed by atoms with van der Waals surface area (Å²) in [5, 5.41) is 12.5. The van der Waals surface area contributed by atoms with Crippen molar-refractivity contribution < 1.29 is 9.90 Å². The summed E-state index contributed by atoms with van der Waals surface area (Å²) in [6.07, 6.45) is 5.49. The zero-order chi connectivity index (χ0) is 10.7. The zero-order valence-corrected chi connectivity index (χ0v) is 9.17. The van der Waals surface area contributed by atoms with Crippen LogP contribution in [0.3, 0.4) is 0 Å². The molecule has 0 amide bonds. The molecule has 2 saturated heterocycles. The summed E-state index contributed by atoms with van der Waals surface area (Å²) in [5.41, 5.74) is -0.655. The predicted molar refractivity (Wildman–Crippen MR) is 57.9 cm³/mol. The Labute approximate surface area is 90.6 Å². The average molecular weight is 212 g/mol. The summed E-state index contributed by atoms with van der Waals surface area (Å²) < 4.78 is 0. The molecule has 2 aliphatic heterocycles. The van der Waals surface area contributed by atoms with Crippen molar-refractivity contribution in [3.05, 3.63) is 0 Å². The van der Waals surface area contributed by atoms with E-state index < -0.39 is 11.5 Å². The van der Waals surface area contributed by atoms with Crippen molar-refractivity contribution in [3.8, 4) is 0 Å². The van der Waals surface area contributed by atoms with Gasteiger partial charge in [-0.15, -0.1) is 0 Å². The Kier molecular flexibility index (Phi) is 3.26. The van der Waals surface area contributed by atoms with Crippen molar-refractivity contribution in [2.75, 3.05) is 26.2 Å². The highest BCUT2D eigenvalue weighted by atomic mass is 16.4. The van der Waals surface area contributed by atoms with Crippen molar-refractivity contribution in [3.63, 3.8) is 0 Å². The number of carbonyl (C=O) groups is 1. The van der Waals surface area contributed by atoms with Crippen LogP contribution in [0.4, 0.5) is 0 Å². The molecule has 2 N–H and O–H groups in total. The molecular weight excluding hydrogens is 192 g/mol. The molecule has 0 aromatic rings. The fourth-order valence-electron chi connectivity index (χ4n) is 2.69. The van der Waals surface area contributed by atoms with Gasteiger partial charge in [-0.25, -0.2) is 0 Å². The number of aliphatic carboxylic acids is 1. The minimum atomic E-state index is -0.675. The van der Waals surface area contributed by atoms with Crippen LogP contribution in [0.5, 0.6) is 0 Å². The molecule has 0 radical (unpaired) electrons. The number of nitrogens with one attached hydrogen (secondary N) is 1. The number of carboxylic acids is 1. The van der Waals surface area contributed by atoms with Gasteiger partial charge in [0.1, 0.15) is 5.54 Å². The number of rotatable bonds is 3. The monoisotopic (exact) mass is 212 g/mol. The molecule has 0 aromatic carbocycles. The molecule has 2 aliphatic rings. The lowest BCUT2D eigenvalue weighted by Crippen LogP contribution is -2.56. The van der Waals surface area contributed by atoms with Gasteiger partial charge in [0, 0.05) is 6.54 Å². The van der Waals surface area contributed by atoms with E-state index in [0.717, 1.165) is 32.5 Å². The Morgan fingerprint density at radius 3 is 2.53 bits per heavy atom. The Morgan fingerprint density at radius 1 is 1.27 bits per heavy atom. The van der Waals surface area contributed by atoms with Crippen LogP contribution in [0.15, 0.2) is 0 Å². The smallest absolute Gasteiger partial charge is 0.325 e. The van der Waals surface area contributed by atoms with Gasteiger partial charge in [0.15, 0.2) is 0 Å². The largest absolute Gasteiger partial charge is 0.480 e. The Morgan fingerprint density at radius 2 is 2.00 bits per heavy atom. The minimum absolute atomic E-state index is 0.655. The van der Waals surface area contributed by atoms with Gasteiger partial charge in [-0.3, -0.25) is 4.79 Å². The van der Waals surface area contributed by atoms with Crippen LogP contribution in [0.2, 0.25) is 0 Å². The number of piperidine rings is 1. The van der Waals surface area contributed by atoms with Crippen molar-refractivity contribution in [2.45, 2.75) is 37.6 Å². The Hall–Kier alpha value is -0.610. The third kappa shape index (κ3) is 2.32. The van der Waals surface area contributed by atoms with E-state index in [1.165, 1.54) is 19.3 Å². The third-order valence-electron chi connectivity index (χ3n) is 3.60. The molecule has 2 heterocycles. The normalized spacial score (nSPS) is 33.1. The van der Waals surface area contributed by atoms with E-state index in [1.54, 1.807) is 0 Å². The van der Waals surface area contributed by atoms with Gasteiger partial charge in [0.2, 0.25) is 0 Å². The number of nitrogens with zero attached hydrogens (tertiary/aromatic N) is 1. The summed E-state index contributed by atoms with van der Waals surface area (Å²) in [5.74, 6) is -0.675. The van der Waals surface area contributed by atoms with Crippen LogP contribution in [0.25, 0.3) is 0 Å². The first-order chi connectivity index (χ1) is 7.23. The second-order valence-electron chi connectivity index (χ2n) is 4.75. The van der Waals surface area contributed by atoms with Crippen LogP contribution < -0.4 is 5.32 Å². The van der Waals surface area contributed by atoms with Crippen molar-refractivity contribution in [1.29, 1.82) is 0 Å². The molecular formula is C11H20N2O2. The minimum Gasteiger partial charge on any atom is -0.480 e. The summed E-state index contributed by atoms with van der Waals surface area (Å²) in [7, 11) is 0. The third-order valence-corrected chi connectivity index (χ3v) is 3.60. The molecule has 2 fully saturated rings. The number of hydrogen-bond acceptors (Lipinski definition) is 3. The van der Waals surface area contributed by atoms with Crippen molar-refractivity contribution in [2.24, 2.45) is 0 Å². The summed E-state index contributed by atoms with van der Waals surface area (Å²) in [6.45, 7) is 3.66. The predicted octanol–water partition coefficient (Wildman–Crippen LogP) is 0.679. The van der Waals surface area contributed by atoms with E-state index in [1.807, 2.05) is 0 Å². The molecule has 1 unspecified atom stereocenters. The molecule has 0 aromatic heterocycles. The lowest BCUT2D eigenvalue weighted by Gasteiger charge is -2.34. The van der Waals surface area contributed by atoms with E-state index in [4.69, 9.17) is 0 Å². The second kappa shape index (κ2) is 4.49. The maximum atomic E-state index is 11.3. The van der Waals surface area contributed by atoms with Gasteiger partial charge >= 0.3 is 5.97 Å². The van der Waals surface area contributed by atoms with Crippen LogP contribution in [-0.4, -0.2) is 47.7 Å². The standard InChI is InChI=1S/C11H20N2O2/c14-10(15)11(5-4-6-12-11)9-13-7-2-1-3-8-13/h12H,1-9H2,(H,14,15). The number of likely N-dealkylation sites (tertiary alicyclic amines) is 1. The molecule has 86 valence electrons. The lowest BCUT2D eigenvalue weighted by atomic mass is 9.96. The molecule has 4 heteroatoms. The zero-order valence-electron chi connectivity index (χ0n) is 9.17. The van der Waals surface area contributed by atoms with Gasteiger partial charge in [-0.05, 0) is 45.3 Å². The molecule has 0 saturated carbocycles. The fourth-order valence-corrected chi connectivity index (χ4v) is 2.69. The molecule has 15 heavy (non-hydrogen) atoms. The highest BCUT2D eigenvalue weighted by Crippen LogP contribution is 2.22. The molecule has 0 spiro atoms. The van der Waals surface area contributed by atoms with Crippen molar-refractivity contribution >= 4 is 5.97 Å². The molecule has 0 aliphatic carbocycles. The van der Waals surface area contributed by atoms with Gasteiger partial charge in [-0.2, -0.15) is 0 Å². The van der Waals surface area contributed by atoms with Crippen LogP contribution >= 0.6 is 0 Å². The Bertz CT molecular complexity index is 231. The maximum Gasteiger partial charge on any atom is 0.325 e. The molecule has 0 bridgehead atoms. The second-order valence-corrected chi connectivity index (χ2v) is 4.75. The van der Waals surface area contributed by atoms with Gasteiger partial charge < -0.3 is 15.3 Å². The summed E-state index contributed by atoms with van der Waals surface area (Å²) in [6, 6.07) is 0. The van der Waals surface area contributed by atoms with Crippen LogP contribution in [0.1, 0.15) is 32.1 Å². The quantitative estimate of drug-likeness (QED) is 0.722. The van der Waals surface area contributed by atoms with Crippen LogP contribution in [0, 0.1) is 0 Å². The first-order valence-electron chi connectivity index (χ1n) is 5.94. The first-order valence-corrected chi connectivity index (χ1v) is 5.94. The molecule has 4 nitrogen and oxygen atoms in total. The van der Waals surface area contributed by atoms with E-state index in [2.05, 4.69) is 10.2 Å².